The topological polar surface area (TPSA) is 64.0 Å². The second-order valence-electron chi connectivity index (χ2n) is 8.48. The maximum Gasteiger partial charge on any atom is 0.254 e. The number of halogens is 1. The number of carbonyl (C=O) groups excluding carboxylic acids is 2. The Morgan fingerprint density at radius 3 is 2.64 bits per heavy atom. The quantitative estimate of drug-likeness (QED) is 0.389. The molecule has 1 amide bonds. The van der Waals surface area contributed by atoms with Gasteiger partial charge in [0.1, 0.15) is 12.1 Å². The Hall–Kier alpha value is -3.80. The van der Waals surface area contributed by atoms with Crippen molar-refractivity contribution in [2.24, 2.45) is 0 Å². The third kappa shape index (κ3) is 4.55. The minimum absolute atomic E-state index is 0.0506. The van der Waals surface area contributed by atoms with Crippen molar-refractivity contribution < 1.29 is 14.0 Å². The van der Waals surface area contributed by atoms with Crippen LogP contribution < -0.4 is 5.32 Å². The largest absolute Gasteiger partial charge is 0.348 e. The number of pyridine rings is 1. The highest BCUT2D eigenvalue weighted by Crippen LogP contribution is 2.32. The van der Waals surface area contributed by atoms with Crippen LogP contribution in [0.1, 0.15) is 63.0 Å². The van der Waals surface area contributed by atoms with E-state index in [1.54, 1.807) is 31.3 Å². The maximum atomic E-state index is 13.6. The van der Waals surface area contributed by atoms with E-state index in [9.17, 15) is 14.0 Å². The lowest BCUT2D eigenvalue weighted by atomic mass is 10.0. The minimum Gasteiger partial charge on any atom is -0.348 e. The molecule has 0 saturated carbocycles. The van der Waals surface area contributed by atoms with Crippen LogP contribution >= 0.6 is 0 Å². The van der Waals surface area contributed by atoms with Crippen molar-refractivity contribution in [3.63, 3.8) is 0 Å². The standard InChI is InChI=1S/C27H26FN3O2/c1-17(2)26-25(27(33)30-14-19-8-10-23(28)18(3)12-19)22-9-7-20(16-32)13-24(22)31(26)15-21-6-4-5-11-29-21/h4-13,16-17H,14-15H2,1-3H3,(H,30,33). The van der Waals surface area contributed by atoms with E-state index in [0.717, 1.165) is 34.1 Å². The Morgan fingerprint density at radius 1 is 1.15 bits per heavy atom. The highest BCUT2D eigenvalue weighted by atomic mass is 19.1. The van der Waals surface area contributed by atoms with Gasteiger partial charge in [0.25, 0.3) is 5.91 Å². The molecule has 0 saturated heterocycles. The van der Waals surface area contributed by atoms with Crippen molar-refractivity contribution in [3.05, 3.63) is 100 Å². The molecule has 33 heavy (non-hydrogen) atoms. The van der Waals surface area contributed by atoms with Crippen LogP contribution in [0.3, 0.4) is 0 Å². The van der Waals surface area contributed by atoms with E-state index in [2.05, 4.69) is 14.9 Å². The second-order valence-corrected chi connectivity index (χ2v) is 8.48. The number of amides is 1. The molecule has 1 N–H and O–H groups in total. The molecule has 4 aromatic rings. The van der Waals surface area contributed by atoms with E-state index in [4.69, 9.17) is 0 Å². The van der Waals surface area contributed by atoms with Crippen LogP contribution in [0.2, 0.25) is 0 Å². The fourth-order valence-electron chi connectivity index (χ4n) is 4.21. The summed E-state index contributed by atoms with van der Waals surface area (Å²) in [5, 5.41) is 3.78. The summed E-state index contributed by atoms with van der Waals surface area (Å²) in [7, 11) is 0. The number of nitrogens with one attached hydrogen (secondary N) is 1. The molecule has 0 fully saturated rings. The molecule has 2 aromatic carbocycles. The van der Waals surface area contributed by atoms with E-state index >= 15 is 0 Å². The monoisotopic (exact) mass is 443 g/mol. The van der Waals surface area contributed by atoms with Gasteiger partial charge in [0.05, 0.1) is 23.3 Å². The number of aldehydes is 1. The molecule has 5 nitrogen and oxygen atoms in total. The SMILES string of the molecule is Cc1cc(CNC(=O)c2c(C(C)C)n(Cc3ccccn3)c3cc(C=O)ccc23)ccc1F. The Bertz CT molecular complexity index is 1330. The number of aromatic nitrogens is 2. The average molecular weight is 444 g/mol. The van der Waals surface area contributed by atoms with Crippen LogP contribution in [0.15, 0.2) is 60.8 Å². The summed E-state index contributed by atoms with van der Waals surface area (Å²) < 4.78 is 15.7. The molecular weight excluding hydrogens is 417 g/mol. The number of benzene rings is 2. The summed E-state index contributed by atoms with van der Waals surface area (Å²) in [5.41, 5.74) is 5.06. The Balaban J connectivity index is 1.79. The van der Waals surface area contributed by atoms with Crippen LogP contribution in [0.5, 0.6) is 0 Å². The van der Waals surface area contributed by atoms with Crippen molar-refractivity contribution in [2.45, 2.75) is 39.8 Å². The van der Waals surface area contributed by atoms with Crippen LogP contribution in [0.4, 0.5) is 4.39 Å². The fourth-order valence-corrected chi connectivity index (χ4v) is 4.21. The molecule has 0 aliphatic carbocycles. The minimum atomic E-state index is -0.268. The van der Waals surface area contributed by atoms with E-state index in [0.29, 0.717) is 23.2 Å². The van der Waals surface area contributed by atoms with Gasteiger partial charge in [-0.15, -0.1) is 0 Å². The highest BCUT2D eigenvalue weighted by Gasteiger charge is 2.25. The van der Waals surface area contributed by atoms with Crippen molar-refractivity contribution in [1.82, 2.24) is 14.9 Å². The molecule has 0 unspecified atom stereocenters. The number of hydrogen-bond donors (Lipinski definition) is 1. The number of aryl methyl sites for hydroxylation is 1. The smallest absolute Gasteiger partial charge is 0.254 e. The molecular formula is C27H26FN3O2. The van der Waals surface area contributed by atoms with Gasteiger partial charge in [-0.3, -0.25) is 14.6 Å². The van der Waals surface area contributed by atoms with Crippen molar-refractivity contribution in [2.75, 3.05) is 0 Å². The molecule has 0 aliphatic heterocycles. The van der Waals surface area contributed by atoms with Crippen molar-refractivity contribution >= 4 is 23.1 Å². The van der Waals surface area contributed by atoms with E-state index < -0.39 is 0 Å². The molecule has 4 rings (SSSR count). The molecule has 168 valence electrons. The summed E-state index contributed by atoms with van der Waals surface area (Å²) in [5.74, 6) is -0.422. The third-order valence-corrected chi connectivity index (χ3v) is 5.76. The third-order valence-electron chi connectivity index (χ3n) is 5.76. The Morgan fingerprint density at radius 2 is 1.97 bits per heavy atom. The summed E-state index contributed by atoms with van der Waals surface area (Å²) in [4.78, 5) is 29.4. The van der Waals surface area contributed by atoms with Crippen LogP contribution in [0.25, 0.3) is 10.9 Å². The van der Waals surface area contributed by atoms with E-state index in [-0.39, 0.29) is 24.2 Å². The van der Waals surface area contributed by atoms with Gasteiger partial charge < -0.3 is 9.88 Å². The molecule has 0 radical (unpaired) electrons. The molecule has 0 atom stereocenters. The first-order valence-corrected chi connectivity index (χ1v) is 10.9. The molecule has 2 heterocycles. The van der Waals surface area contributed by atoms with Gasteiger partial charge >= 0.3 is 0 Å². The normalized spacial score (nSPS) is 11.2. The number of fused-ring (bicyclic) bond motifs is 1. The molecule has 0 aliphatic rings. The lowest BCUT2D eigenvalue weighted by molar-refractivity contribution is 0.0950. The lowest BCUT2D eigenvalue weighted by Crippen LogP contribution is -2.24. The van der Waals surface area contributed by atoms with Gasteiger partial charge in [-0.1, -0.05) is 44.2 Å². The predicted molar refractivity (Wildman–Crippen MR) is 127 cm³/mol. The first kappa shape index (κ1) is 22.4. The van der Waals surface area contributed by atoms with Crippen LogP contribution in [0, 0.1) is 12.7 Å². The van der Waals surface area contributed by atoms with Gasteiger partial charge in [0.2, 0.25) is 0 Å². The van der Waals surface area contributed by atoms with Gasteiger partial charge in [0, 0.05) is 29.4 Å². The maximum absolute atomic E-state index is 13.6. The molecule has 6 heteroatoms. The second kappa shape index (κ2) is 9.36. The Kier molecular flexibility index (Phi) is 6.36. The average Bonchev–Trinajstić information content (AvgIpc) is 3.14. The number of hydrogen-bond acceptors (Lipinski definition) is 3. The van der Waals surface area contributed by atoms with Gasteiger partial charge in [-0.05, 0) is 48.2 Å². The zero-order valence-electron chi connectivity index (χ0n) is 18.9. The first-order chi connectivity index (χ1) is 15.9. The molecule has 0 spiro atoms. The van der Waals surface area contributed by atoms with Crippen LogP contribution in [-0.2, 0) is 13.1 Å². The van der Waals surface area contributed by atoms with E-state index in [1.807, 2.05) is 44.2 Å². The van der Waals surface area contributed by atoms with Gasteiger partial charge in [-0.25, -0.2) is 4.39 Å². The van der Waals surface area contributed by atoms with Gasteiger partial charge in [-0.2, -0.15) is 0 Å². The number of nitrogens with zero attached hydrogens (tertiary/aromatic N) is 2. The van der Waals surface area contributed by atoms with Crippen LogP contribution in [-0.4, -0.2) is 21.7 Å². The highest BCUT2D eigenvalue weighted by molar-refractivity contribution is 6.09. The zero-order valence-corrected chi connectivity index (χ0v) is 18.9. The van der Waals surface area contributed by atoms with Gasteiger partial charge in [0.15, 0.2) is 0 Å². The molecule has 0 bridgehead atoms. The molecule has 2 aromatic heterocycles. The number of rotatable bonds is 7. The zero-order chi connectivity index (χ0) is 23.5. The summed E-state index contributed by atoms with van der Waals surface area (Å²) in [6, 6.07) is 15.9. The van der Waals surface area contributed by atoms with E-state index in [1.165, 1.54) is 6.07 Å². The Labute approximate surface area is 192 Å². The first-order valence-electron chi connectivity index (χ1n) is 10.9. The van der Waals surface area contributed by atoms with Crippen molar-refractivity contribution in [1.29, 1.82) is 0 Å². The summed E-state index contributed by atoms with van der Waals surface area (Å²) >= 11 is 0. The summed E-state index contributed by atoms with van der Waals surface area (Å²) in [6.07, 6.45) is 2.55. The van der Waals surface area contributed by atoms with Crippen molar-refractivity contribution in [3.8, 4) is 0 Å². The number of carbonyl (C=O) groups is 2. The summed E-state index contributed by atoms with van der Waals surface area (Å²) in [6.45, 7) is 6.57. The predicted octanol–water partition coefficient (Wildman–Crippen LogP) is 5.40. The lowest BCUT2D eigenvalue weighted by Gasteiger charge is -2.15. The fraction of sp³-hybridized carbons (Fsp3) is 0.222.